The monoisotopic (exact) mass is 349 g/mol. The molecule has 0 heterocycles. The molecular formula is C10H9BrIN. The summed E-state index contributed by atoms with van der Waals surface area (Å²) in [5, 5.41) is 3.27. The number of hydrogen-bond acceptors (Lipinski definition) is 1. The lowest BCUT2D eigenvalue weighted by atomic mass is 10.3. The van der Waals surface area contributed by atoms with Crippen molar-refractivity contribution in [2.75, 3.05) is 11.9 Å². The van der Waals surface area contributed by atoms with Crippen LogP contribution in [0.3, 0.4) is 0 Å². The summed E-state index contributed by atoms with van der Waals surface area (Å²) < 4.78 is 2.29. The van der Waals surface area contributed by atoms with Gasteiger partial charge in [-0.25, -0.2) is 0 Å². The third kappa shape index (κ3) is 3.57. The van der Waals surface area contributed by atoms with E-state index in [0.717, 1.165) is 23.1 Å². The zero-order valence-electron chi connectivity index (χ0n) is 6.98. The third-order valence-corrected chi connectivity index (χ3v) is 2.95. The SMILES string of the molecule is C#CCCNc1cc(Br)ccc1I. The van der Waals surface area contributed by atoms with Gasteiger partial charge in [0.1, 0.15) is 0 Å². The average molecular weight is 350 g/mol. The van der Waals surface area contributed by atoms with Crippen molar-refractivity contribution in [2.45, 2.75) is 6.42 Å². The summed E-state index contributed by atoms with van der Waals surface area (Å²) in [6.07, 6.45) is 5.91. The average Bonchev–Trinajstić information content (AvgIpc) is 2.11. The number of hydrogen-bond donors (Lipinski definition) is 1. The number of terminal acetylenes is 1. The molecule has 68 valence electrons. The van der Waals surface area contributed by atoms with E-state index in [1.165, 1.54) is 3.57 Å². The van der Waals surface area contributed by atoms with Gasteiger partial charge < -0.3 is 5.32 Å². The van der Waals surface area contributed by atoms with E-state index in [1.807, 2.05) is 6.07 Å². The summed E-state index contributed by atoms with van der Waals surface area (Å²) >= 11 is 5.72. The van der Waals surface area contributed by atoms with Crippen molar-refractivity contribution in [2.24, 2.45) is 0 Å². The Hall–Kier alpha value is -0.210. The minimum Gasteiger partial charge on any atom is -0.383 e. The van der Waals surface area contributed by atoms with Gasteiger partial charge in [-0.05, 0) is 40.8 Å². The molecule has 13 heavy (non-hydrogen) atoms. The number of anilines is 1. The molecule has 0 atom stereocenters. The molecule has 0 aromatic heterocycles. The van der Waals surface area contributed by atoms with E-state index in [0.29, 0.717) is 0 Å². The molecule has 0 aliphatic heterocycles. The Morgan fingerprint density at radius 3 is 3.00 bits per heavy atom. The van der Waals surface area contributed by atoms with Gasteiger partial charge in [-0.3, -0.25) is 0 Å². The van der Waals surface area contributed by atoms with Crippen molar-refractivity contribution in [3.8, 4) is 12.3 Å². The normalized spacial score (nSPS) is 9.31. The largest absolute Gasteiger partial charge is 0.383 e. The van der Waals surface area contributed by atoms with Gasteiger partial charge >= 0.3 is 0 Å². The maximum Gasteiger partial charge on any atom is 0.0487 e. The molecule has 1 aromatic carbocycles. The van der Waals surface area contributed by atoms with Crippen molar-refractivity contribution >= 4 is 44.2 Å². The lowest BCUT2D eigenvalue weighted by Crippen LogP contribution is -2.01. The molecule has 1 rings (SSSR count). The molecule has 3 heteroatoms. The lowest BCUT2D eigenvalue weighted by Gasteiger charge is -2.06. The topological polar surface area (TPSA) is 12.0 Å². The van der Waals surface area contributed by atoms with Crippen LogP contribution in [0.1, 0.15) is 6.42 Å². The Bertz CT molecular complexity index is 330. The van der Waals surface area contributed by atoms with E-state index in [2.05, 4.69) is 61.9 Å². The quantitative estimate of drug-likeness (QED) is 0.500. The summed E-state index contributed by atoms with van der Waals surface area (Å²) in [5.74, 6) is 2.60. The van der Waals surface area contributed by atoms with E-state index >= 15 is 0 Å². The van der Waals surface area contributed by atoms with Crippen LogP contribution < -0.4 is 5.32 Å². The van der Waals surface area contributed by atoms with Crippen LogP contribution in [0.25, 0.3) is 0 Å². The highest BCUT2D eigenvalue weighted by atomic mass is 127. The molecule has 0 unspecified atom stereocenters. The summed E-state index contributed by atoms with van der Waals surface area (Å²) in [6.45, 7) is 0.822. The standard InChI is InChI=1S/C10H9BrIN/c1-2-3-6-13-10-7-8(11)4-5-9(10)12/h1,4-5,7,13H,3,6H2. The Labute approximate surface area is 101 Å². The molecule has 1 N–H and O–H groups in total. The van der Waals surface area contributed by atoms with Crippen molar-refractivity contribution in [3.05, 3.63) is 26.2 Å². The molecule has 0 amide bonds. The third-order valence-electron chi connectivity index (χ3n) is 1.51. The van der Waals surface area contributed by atoms with Crippen LogP contribution in [0.2, 0.25) is 0 Å². The molecule has 0 bridgehead atoms. The minimum absolute atomic E-state index is 0.753. The van der Waals surface area contributed by atoms with E-state index in [9.17, 15) is 0 Å². The first-order valence-corrected chi connectivity index (χ1v) is 5.73. The van der Waals surface area contributed by atoms with Crippen LogP contribution in [-0.4, -0.2) is 6.54 Å². The van der Waals surface area contributed by atoms with E-state index in [1.54, 1.807) is 0 Å². The smallest absolute Gasteiger partial charge is 0.0487 e. The number of halogens is 2. The molecule has 0 radical (unpaired) electrons. The first-order chi connectivity index (χ1) is 6.24. The molecule has 0 aliphatic rings. The molecule has 0 saturated carbocycles. The summed E-state index contributed by atoms with van der Waals surface area (Å²) in [6, 6.07) is 6.13. The van der Waals surface area contributed by atoms with Gasteiger partial charge in [-0.15, -0.1) is 12.3 Å². The second-order valence-corrected chi connectivity index (χ2v) is 4.58. The highest BCUT2D eigenvalue weighted by Gasteiger charge is 1.98. The summed E-state index contributed by atoms with van der Waals surface area (Å²) in [4.78, 5) is 0. The fourth-order valence-corrected chi connectivity index (χ4v) is 1.79. The summed E-state index contributed by atoms with van der Waals surface area (Å²) in [7, 11) is 0. The Morgan fingerprint density at radius 1 is 1.54 bits per heavy atom. The van der Waals surface area contributed by atoms with E-state index < -0.39 is 0 Å². The lowest BCUT2D eigenvalue weighted by molar-refractivity contribution is 1.09. The van der Waals surface area contributed by atoms with Gasteiger partial charge in [0.05, 0.1) is 0 Å². The van der Waals surface area contributed by atoms with Crippen LogP contribution in [-0.2, 0) is 0 Å². The van der Waals surface area contributed by atoms with Crippen LogP contribution in [0.5, 0.6) is 0 Å². The molecule has 0 aliphatic carbocycles. The number of nitrogens with one attached hydrogen (secondary N) is 1. The van der Waals surface area contributed by atoms with Crippen LogP contribution in [0.4, 0.5) is 5.69 Å². The van der Waals surface area contributed by atoms with Crippen molar-refractivity contribution < 1.29 is 0 Å². The molecule has 0 saturated heterocycles. The zero-order chi connectivity index (χ0) is 9.68. The van der Waals surface area contributed by atoms with Gasteiger partial charge in [0.2, 0.25) is 0 Å². The zero-order valence-corrected chi connectivity index (χ0v) is 10.7. The van der Waals surface area contributed by atoms with Gasteiger partial charge in [0.25, 0.3) is 0 Å². The second-order valence-electron chi connectivity index (χ2n) is 2.51. The minimum atomic E-state index is 0.753. The van der Waals surface area contributed by atoms with Gasteiger partial charge in [-0.1, -0.05) is 15.9 Å². The predicted octanol–water partition coefficient (Wildman–Crippen LogP) is 3.49. The second kappa shape index (κ2) is 5.51. The first kappa shape index (κ1) is 10.9. The molecule has 1 nitrogen and oxygen atoms in total. The van der Waals surface area contributed by atoms with Gasteiger partial charge in [0, 0.05) is 26.7 Å². The van der Waals surface area contributed by atoms with Crippen LogP contribution >= 0.6 is 38.5 Å². The Kier molecular flexibility index (Phi) is 4.60. The van der Waals surface area contributed by atoms with E-state index in [4.69, 9.17) is 6.42 Å². The first-order valence-electron chi connectivity index (χ1n) is 3.86. The highest BCUT2D eigenvalue weighted by molar-refractivity contribution is 14.1. The van der Waals surface area contributed by atoms with Crippen molar-refractivity contribution in [3.63, 3.8) is 0 Å². The fraction of sp³-hybridized carbons (Fsp3) is 0.200. The Morgan fingerprint density at radius 2 is 2.31 bits per heavy atom. The van der Waals surface area contributed by atoms with Crippen LogP contribution in [0.15, 0.2) is 22.7 Å². The fourth-order valence-electron chi connectivity index (χ4n) is 0.902. The number of rotatable bonds is 3. The van der Waals surface area contributed by atoms with E-state index in [-0.39, 0.29) is 0 Å². The predicted molar refractivity (Wildman–Crippen MR) is 68.8 cm³/mol. The van der Waals surface area contributed by atoms with Crippen molar-refractivity contribution in [1.82, 2.24) is 0 Å². The maximum atomic E-state index is 5.16. The summed E-state index contributed by atoms with van der Waals surface area (Å²) in [5.41, 5.74) is 1.13. The molecule has 0 spiro atoms. The Balaban J connectivity index is 2.65. The molecule has 1 aromatic rings. The van der Waals surface area contributed by atoms with Crippen LogP contribution in [0, 0.1) is 15.9 Å². The van der Waals surface area contributed by atoms with Gasteiger partial charge in [-0.2, -0.15) is 0 Å². The van der Waals surface area contributed by atoms with Crippen molar-refractivity contribution in [1.29, 1.82) is 0 Å². The molecular weight excluding hydrogens is 341 g/mol. The molecule has 0 fully saturated rings. The maximum absolute atomic E-state index is 5.16. The van der Waals surface area contributed by atoms with Gasteiger partial charge in [0.15, 0.2) is 0 Å². The number of benzene rings is 1. The highest BCUT2D eigenvalue weighted by Crippen LogP contribution is 2.22.